The van der Waals surface area contributed by atoms with E-state index in [0.29, 0.717) is 0 Å². The fourth-order valence-corrected chi connectivity index (χ4v) is 5.61. The van der Waals surface area contributed by atoms with Crippen molar-refractivity contribution in [2.24, 2.45) is 17.3 Å². The largest absolute Gasteiger partial charge is 0.507 e. The van der Waals surface area contributed by atoms with Gasteiger partial charge in [-0.1, -0.05) is 12.1 Å². The van der Waals surface area contributed by atoms with Gasteiger partial charge in [-0.2, -0.15) is 0 Å². The van der Waals surface area contributed by atoms with Crippen molar-refractivity contribution in [3.63, 3.8) is 0 Å². The molecule has 0 amide bonds. The zero-order chi connectivity index (χ0) is 20.2. The number of Topliss-reactive ketones (excluding diaryl/α,β-unsaturated/α-hetero) is 3. The first-order chi connectivity index (χ1) is 13.2. The SMILES string of the molecule is CC(=O)[C@@H]1C[C@H]2OC(=O)[C@@]3(O)C(=O)C4=C(O)c5c(O)cccc5C(=O)[C@]41C[C@@H]23. The van der Waals surface area contributed by atoms with Crippen LogP contribution in [0.5, 0.6) is 5.75 Å². The minimum Gasteiger partial charge on any atom is -0.507 e. The van der Waals surface area contributed by atoms with Crippen molar-refractivity contribution in [3.8, 4) is 5.75 Å². The first-order valence-electron chi connectivity index (χ1n) is 8.95. The van der Waals surface area contributed by atoms with Crippen LogP contribution in [0.1, 0.15) is 35.7 Å². The molecule has 28 heavy (non-hydrogen) atoms. The van der Waals surface area contributed by atoms with Gasteiger partial charge in [-0.05, 0) is 25.8 Å². The van der Waals surface area contributed by atoms with Crippen LogP contribution in [-0.4, -0.2) is 50.3 Å². The molecular formula is C20H16O8. The van der Waals surface area contributed by atoms with E-state index in [1.807, 2.05) is 0 Å². The highest BCUT2D eigenvalue weighted by Crippen LogP contribution is 2.64. The van der Waals surface area contributed by atoms with Crippen molar-refractivity contribution in [2.45, 2.75) is 31.5 Å². The van der Waals surface area contributed by atoms with Gasteiger partial charge in [0.15, 0.2) is 5.78 Å². The maximum Gasteiger partial charge on any atom is 0.347 e. The summed E-state index contributed by atoms with van der Waals surface area (Å²) in [5.41, 5.74) is -4.94. The van der Waals surface area contributed by atoms with E-state index in [0.717, 1.165) is 0 Å². The standard InChI is InChI=1S/C20H16O8/c1-7(21)9-5-12-10-6-19(9)14(17(25)20(10,27)18(26)28-12)15(23)13-8(16(19)24)3-2-4-11(13)22/h2-4,9-10,12,22-23,27H,5-6H2,1H3/t9-,10-,12+,19-,20-/m0/s1. The average Bonchev–Trinajstić information content (AvgIpc) is 2.91. The lowest BCUT2D eigenvalue weighted by Crippen LogP contribution is -2.65. The molecule has 3 aliphatic carbocycles. The topological polar surface area (TPSA) is 138 Å². The van der Waals surface area contributed by atoms with Gasteiger partial charge in [0.2, 0.25) is 11.4 Å². The van der Waals surface area contributed by atoms with Crippen LogP contribution in [0.25, 0.3) is 5.76 Å². The molecule has 0 radical (unpaired) electrons. The molecule has 1 spiro atoms. The number of ketones is 3. The van der Waals surface area contributed by atoms with E-state index < -0.39 is 63.6 Å². The predicted molar refractivity (Wildman–Crippen MR) is 91.2 cm³/mol. The molecule has 1 aromatic carbocycles. The molecule has 3 N–H and O–H groups in total. The van der Waals surface area contributed by atoms with Crippen molar-refractivity contribution in [1.82, 2.24) is 0 Å². The summed E-state index contributed by atoms with van der Waals surface area (Å²) in [5.74, 6) is -6.34. The van der Waals surface area contributed by atoms with Crippen LogP contribution in [0.3, 0.4) is 0 Å². The van der Waals surface area contributed by atoms with Gasteiger partial charge in [0.05, 0.1) is 16.6 Å². The second-order valence-electron chi connectivity index (χ2n) is 7.97. The third-order valence-electron chi connectivity index (χ3n) is 6.84. The van der Waals surface area contributed by atoms with E-state index in [1.54, 1.807) is 0 Å². The van der Waals surface area contributed by atoms with Crippen molar-refractivity contribution < 1.29 is 39.2 Å². The first kappa shape index (κ1) is 17.1. The minimum absolute atomic E-state index is 0.00516. The van der Waals surface area contributed by atoms with Crippen LogP contribution < -0.4 is 0 Å². The van der Waals surface area contributed by atoms with Crippen LogP contribution in [0.4, 0.5) is 0 Å². The van der Waals surface area contributed by atoms with Gasteiger partial charge < -0.3 is 20.1 Å². The number of carbonyl (C=O) groups excluding carboxylic acids is 4. The number of rotatable bonds is 1. The Bertz CT molecular complexity index is 1050. The zero-order valence-corrected chi connectivity index (χ0v) is 14.8. The van der Waals surface area contributed by atoms with E-state index in [-0.39, 0.29) is 29.8 Å². The average molecular weight is 384 g/mol. The fourth-order valence-electron chi connectivity index (χ4n) is 5.61. The predicted octanol–water partition coefficient (Wildman–Crippen LogP) is 0.698. The van der Waals surface area contributed by atoms with Crippen LogP contribution in [-0.2, 0) is 19.1 Å². The van der Waals surface area contributed by atoms with Gasteiger partial charge in [0.1, 0.15) is 23.4 Å². The van der Waals surface area contributed by atoms with E-state index in [2.05, 4.69) is 0 Å². The summed E-state index contributed by atoms with van der Waals surface area (Å²) in [6.07, 6.45) is -1.07. The smallest absolute Gasteiger partial charge is 0.347 e. The van der Waals surface area contributed by atoms with E-state index in [1.165, 1.54) is 25.1 Å². The Morgan fingerprint density at radius 2 is 1.89 bits per heavy atom. The van der Waals surface area contributed by atoms with Crippen molar-refractivity contribution in [3.05, 3.63) is 34.9 Å². The number of hydrogen-bond acceptors (Lipinski definition) is 8. The Hall–Kier alpha value is -3.00. The second-order valence-corrected chi connectivity index (χ2v) is 7.97. The second kappa shape index (κ2) is 4.88. The molecule has 2 bridgehead atoms. The Labute approximate surface area is 158 Å². The molecule has 5 atom stereocenters. The van der Waals surface area contributed by atoms with Gasteiger partial charge in [-0.3, -0.25) is 14.4 Å². The lowest BCUT2D eigenvalue weighted by molar-refractivity contribution is -0.162. The number of benzene rings is 1. The van der Waals surface area contributed by atoms with E-state index in [4.69, 9.17) is 4.74 Å². The Kier molecular flexibility index (Phi) is 2.98. The zero-order valence-electron chi connectivity index (χ0n) is 14.8. The summed E-state index contributed by atoms with van der Waals surface area (Å²) in [7, 11) is 0. The maximum absolute atomic E-state index is 13.6. The number of fused-ring (bicyclic) bond motifs is 1. The quantitative estimate of drug-likeness (QED) is 0.475. The van der Waals surface area contributed by atoms with Gasteiger partial charge in [0.25, 0.3) is 0 Å². The first-order valence-corrected chi connectivity index (χ1v) is 8.95. The van der Waals surface area contributed by atoms with Crippen molar-refractivity contribution >= 4 is 29.1 Å². The number of ether oxygens (including phenoxy) is 1. The molecule has 3 fully saturated rings. The summed E-state index contributed by atoms with van der Waals surface area (Å²) in [6, 6.07) is 4.08. The Morgan fingerprint density at radius 1 is 1.18 bits per heavy atom. The van der Waals surface area contributed by atoms with Crippen LogP contribution in [0.15, 0.2) is 23.8 Å². The van der Waals surface area contributed by atoms with Crippen molar-refractivity contribution in [1.29, 1.82) is 0 Å². The molecule has 5 rings (SSSR count). The highest BCUT2D eigenvalue weighted by Gasteiger charge is 2.76. The van der Waals surface area contributed by atoms with Crippen LogP contribution in [0, 0.1) is 17.3 Å². The number of aliphatic hydroxyl groups excluding tert-OH is 1. The minimum atomic E-state index is -2.51. The Morgan fingerprint density at radius 3 is 2.57 bits per heavy atom. The summed E-state index contributed by atoms with van der Waals surface area (Å²) in [5, 5.41) is 32.0. The summed E-state index contributed by atoms with van der Waals surface area (Å²) in [4.78, 5) is 51.7. The van der Waals surface area contributed by atoms with Gasteiger partial charge >= 0.3 is 5.97 Å². The lowest BCUT2D eigenvalue weighted by atomic mass is 9.46. The molecule has 1 heterocycles. The Balaban J connectivity index is 1.90. The summed E-state index contributed by atoms with van der Waals surface area (Å²) >= 11 is 0. The molecule has 1 aliphatic heterocycles. The number of phenols is 1. The molecule has 8 nitrogen and oxygen atoms in total. The molecule has 2 saturated carbocycles. The number of hydrogen-bond donors (Lipinski definition) is 3. The third-order valence-corrected chi connectivity index (χ3v) is 6.84. The molecule has 144 valence electrons. The van der Waals surface area contributed by atoms with Crippen LogP contribution >= 0.6 is 0 Å². The molecule has 4 aliphatic rings. The summed E-state index contributed by atoms with van der Waals surface area (Å²) < 4.78 is 5.20. The maximum atomic E-state index is 13.6. The third kappa shape index (κ3) is 1.58. The van der Waals surface area contributed by atoms with Gasteiger partial charge in [0, 0.05) is 17.4 Å². The van der Waals surface area contributed by atoms with Gasteiger partial charge in [-0.25, -0.2) is 4.79 Å². The van der Waals surface area contributed by atoms with E-state index in [9.17, 15) is 34.5 Å². The number of aromatic hydroxyl groups is 1. The molecular weight excluding hydrogens is 368 g/mol. The molecule has 1 saturated heterocycles. The number of phenolic OH excluding ortho intramolecular Hbond substituents is 1. The van der Waals surface area contributed by atoms with E-state index >= 15 is 0 Å². The highest BCUT2D eigenvalue weighted by atomic mass is 16.6. The highest BCUT2D eigenvalue weighted by molar-refractivity contribution is 6.27. The summed E-state index contributed by atoms with van der Waals surface area (Å²) in [6.45, 7) is 1.28. The molecule has 1 aromatic rings. The number of esters is 1. The monoisotopic (exact) mass is 384 g/mol. The molecule has 8 heteroatoms. The fraction of sp³-hybridized carbons (Fsp3) is 0.400. The van der Waals surface area contributed by atoms with Crippen molar-refractivity contribution in [2.75, 3.05) is 0 Å². The molecule has 0 unspecified atom stereocenters. The number of aliphatic hydroxyl groups is 2. The number of carbonyl (C=O) groups is 4. The lowest BCUT2D eigenvalue weighted by Gasteiger charge is -2.53. The normalized spacial score (nSPS) is 38.1. The van der Waals surface area contributed by atoms with Crippen LogP contribution in [0.2, 0.25) is 0 Å². The molecule has 0 aromatic heterocycles. The van der Waals surface area contributed by atoms with Gasteiger partial charge in [-0.15, -0.1) is 0 Å².